The monoisotopic (exact) mass is 396 g/mol. The summed E-state index contributed by atoms with van der Waals surface area (Å²) in [4.78, 5) is 12.3. The molecule has 0 amide bonds. The van der Waals surface area contributed by atoms with Gasteiger partial charge in [-0.15, -0.1) is 0 Å². The first-order chi connectivity index (χ1) is 13.9. The highest BCUT2D eigenvalue weighted by molar-refractivity contribution is 5.87. The molecule has 2 atom stereocenters. The zero-order chi connectivity index (χ0) is 21.3. The van der Waals surface area contributed by atoms with Crippen molar-refractivity contribution < 1.29 is 19.4 Å². The van der Waals surface area contributed by atoms with Crippen molar-refractivity contribution in [3.05, 3.63) is 71.8 Å². The van der Waals surface area contributed by atoms with Crippen LogP contribution in [-0.2, 0) is 16.1 Å². The van der Waals surface area contributed by atoms with Gasteiger partial charge in [0.15, 0.2) is 0 Å². The number of esters is 1. The number of rotatable bonds is 10. The molecule has 0 aliphatic heterocycles. The van der Waals surface area contributed by atoms with Crippen LogP contribution in [0.1, 0.15) is 51.7 Å². The number of aliphatic hydroxyl groups excluding tert-OH is 1. The predicted octanol–water partition coefficient (Wildman–Crippen LogP) is 5.40. The molecule has 4 heteroatoms. The van der Waals surface area contributed by atoms with Crippen LogP contribution in [0.25, 0.3) is 6.08 Å². The van der Waals surface area contributed by atoms with E-state index in [1.807, 2.05) is 82.3 Å². The number of hydrogen-bond donors (Lipinski definition) is 1. The Kier molecular flexibility index (Phi) is 8.47. The van der Waals surface area contributed by atoms with Gasteiger partial charge in [0, 0.05) is 11.5 Å². The Morgan fingerprint density at radius 1 is 1.07 bits per heavy atom. The molecule has 0 aromatic heterocycles. The van der Waals surface area contributed by atoms with E-state index in [0.29, 0.717) is 19.4 Å². The molecule has 4 nitrogen and oxygen atoms in total. The van der Waals surface area contributed by atoms with Crippen molar-refractivity contribution in [1.82, 2.24) is 0 Å². The zero-order valence-corrected chi connectivity index (χ0v) is 17.8. The van der Waals surface area contributed by atoms with Crippen molar-refractivity contribution in [3.63, 3.8) is 0 Å². The topological polar surface area (TPSA) is 55.8 Å². The summed E-state index contributed by atoms with van der Waals surface area (Å²) in [5.74, 6) is 0.326. The fourth-order valence-corrected chi connectivity index (χ4v) is 3.29. The number of carbonyl (C=O) groups excluding carboxylic acids is 1. The number of ether oxygens (including phenoxy) is 2. The van der Waals surface area contributed by atoms with Crippen LogP contribution >= 0.6 is 0 Å². The van der Waals surface area contributed by atoms with Crippen LogP contribution in [0.2, 0.25) is 0 Å². The van der Waals surface area contributed by atoms with Crippen LogP contribution in [0, 0.1) is 5.41 Å². The highest BCUT2D eigenvalue weighted by atomic mass is 16.5. The Balaban J connectivity index is 1.97. The lowest BCUT2D eigenvalue weighted by Gasteiger charge is -2.36. The van der Waals surface area contributed by atoms with Crippen molar-refractivity contribution in [3.8, 4) is 5.75 Å². The van der Waals surface area contributed by atoms with E-state index >= 15 is 0 Å². The van der Waals surface area contributed by atoms with Gasteiger partial charge in [0.05, 0.1) is 6.10 Å². The molecule has 0 aliphatic rings. The van der Waals surface area contributed by atoms with E-state index in [-0.39, 0.29) is 6.10 Å². The third-order valence-corrected chi connectivity index (χ3v) is 5.22. The standard InChI is InChI=1S/C25H32O4/c1-5-22(26)25(3,4)23(6-2)29-24(27)16-15-19-13-10-14-21(17-19)28-18-20-11-8-7-9-12-20/h7-17,22-23,26H,5-6,18H2,1-4H3/t22-,23+/m1/s1. The summed E-state index contributed by atoms with van der Waals surface area (Å²) in [6.45, 7) is 8.23. The summed E-state index contributed by atoms with van der Waals surface area (Å²) < 4.78 is 11.5. The fraction of sp³-hybridized carbons (Fsp3) is 0.400. The molecular formula is C25H32O4. The Morgan fingerprint density at radius 2 is 1.79 bits per heavy atom. The maximum Gasteiger partial charge on any atom is 0.331 e. The largest absolute Gasteiger partial charge is 0.489 e. The van der Waals surface area contributed by atoms with E-state index in [4.69, 9.17) is 9.47 Å². The number of aliphatic hydroxyl groups is 1. The number of carbonyl (C=O) groups is 1. The minimum absolute atomic E-state index is 0.352. The molecule has 2 aromatic carbocycles. The lowest BCUT2D eigenvalue weighted by atomic mass is 9.78. The lowest BCUT2D eigenvalue weighted by Crippen LogP contribution is -2.42. The van der Waals surface area contributed by atoms with Gasteiger partial charge in [-0.05, 0) is 42.2 Å². The van der Waals surface area contributed by atoms with Crippen molar-refractivity contribution in [2.45, 2.75) is 59.4 Å². The predicted molar refractivity (Wildman–Crippen MR) is 116 cm³/mol. The molecule has 2 rings (SSSR count). The molecule has 156 valence electrons. The van der Waals surface area contributed by atoms with Gasteiger partial charge in [-0.25, -0.2) is 4.79 Å². The molecule has 2 aromatic rings. The SMILES string of the molecule is CC[C@@H](O)C(C)(C)[C@H](CC)OC(=O)C=Cc1cccc(OCc2ccccc2)c1. The summed E-state index contributed by atoms with van der Waals surface area (Å²) in [7, 11) is 0. The molecule has 0 aliphatic carbocycles. The highest BCUT2D eigenvalue weighted by Crippen LogP contribution is 2.31. The van der Waals surface area contributed by atoms with Crippen LogP contribution in [0.5, 0.6) is 5.75 Å². The van der Waals surface area contributed by atoms with E-state index in [0.717, 1.165) is 16.9 Å². The summed E-state index contributed by atoms with van der Waals surface area (Å²) in [5.41, 5.74) is 1.45. The molecule has 0 bridgehead atoms. The summed E-state index contributed by atoms with van der Waals surface area (Å²) in [5, 5.41) is 10.2. The van der Waals surface area contributed by atoms with Crippen LogP contribution in [-0.4, -0.2) is 23.3 Å². The first-order valence-electron chi connectivity index (χ1n) is 10.2. The van der Waals surface area contributed by atoms with Gasteiger partial charge in [-0.3, -0.25) is 0 Å². The van der Waals surface area contributed by atoms with E-state index in [9.17, 15) is 9.90 Å². The van der Waals surface area contributed by atoms with Crippen molar-refractivity contribution in [1.29, 1.82) is 0 Å². The van der Waals surface area contributed by atoms with E-state index in [2.05, 4.69) is 0 Å². The third kappa shape index (κ3) is 6.75. The van der Waals surface area contributed by atoms with Gasteiger partial charge in [-0.2, -0.15) is 0 Å². The van der Waals surface area contributed by atoms with Crippen LogP contribution < -0.4 is 4.74 Å². The van der Waals surface area contributed by atoms with Gasteiger partial charge in [0.2, 0.25) is 0 Å². The molecule has 0 fully saturated rings. The average molecular weight is 397 g/mol. The van der Waals surface area contributed by atoms with Gasteiger partial charge >= 0.3 is 5.97 Å². The van der Waals surface area contributed by atoms with E-state index < -0.39 is 17.5 Å². The lowest BCUT2D eigenvalue weighted by molar-refractivity contribution is -0.155. The van der Waals surface area contributed by atoms with Crippen LogP contribution in [0.4, 0.5) is 0 Å². The van der Waals surface area contributed by atoms with Crippen molar-refractivity contribution in [2.75, 3.05) is 0 Å². The second-order valence-corrected chi connectivity index (χ2v) is 7.76. The fourth-order valence-electron chi connectivity index (χ4n) is 3.29. The Bertz CT molecular complexity index is 795. The smallest absolute Gasteiger partial charge is 0.331 e. The average Bonchev–Trinajstić information content (AvgIpc) is 2.74. The molecule has 0 unspecified atom stereocenters. The Hall–Kier alpha value is -2.59. The number of benzene rings is 2. The molecule has 0 saturated carbocycles. The van der Waals surface area contributed by atoms with Crippen molar-refractivity contribution >= 4 is 12.0 Å². The quantitative estimate of drug-likeness (QED) is 0.432. The van der Waals surface area contributed by atoms with Crippen LogP contribution in [0.3, 0.4) is 0 Å². The normalized spacial score (nSPS) is 13.8. The third-order valence-electron chi connectivity index (χ3n) is 5.22. The minimum atomic E-state index is -0.525. The minimum Gasteiger partial charge on any atom is -0.489 e. The molecule has 1 N–H and O–H groups in total. The van der Waals surface area contributed by atoms with Crippen LogP contribution in [0.15, 0.2) is 60.7 Å². The van der Waals surface area contributed by atoms with Crippen molar-refractivity contribution in [2.24, 2.45) is 5.41 Å². The highest BCUT2D eigenvalue weighted by Gasteiger charge is 2.36. The first-order valence-corrected chi connectivity index (χ1v) is 10.2. The van der Waals surface area contributed by atoms with Gasteiger partial charge < -0.3 is 14.6 Å². The maximum atomic E-state index is 12.3. The van der Waals surface area contributed by atoms with Gasteiger partial charge in [0.1, 0.15) is 18.5 Å². The molecular weight excluding hydrogens is 364 g/mol. The zero-order valence-electron chi connectivity index (χ0n) is 17.8. The Morgan fingerprint density at radius 3 is 2.45 bits per heavy atom. The molecule has 0 heterocycles. The Labute approximate surface area is 174 Å². The number of hydrogen-bond acceptors (Lipinski definition) is 4. The second-order valence-electron chi connectivity index (χ2n) is 7.76. The molecule has 0 radical (unpaired) electrons. The van der Waals surface area contributed by atoms with Gasteiger partial charge in [0.25, 0.3) is 0 Å². The maximum absolute atomic E-state index is 12.3. The van der Waals surface area contributed by atoms with E-state index in [1.54, 1.807) is 6.08 Å². The summed E-state index contributed by atoms with van der Waals surface area (Å²) >= 11 is 0. The molecule has 29 heavy (non-hydrogen) atoms. The summed E-state index contributed by atoms with van der Waals surface area (Å²) in [6.07, 6.45) is 3.53. The second kappa shape index (κ2) is 10.8. The molecule has 0 spiro atoms. The van der Waals surface area contributed by atoms with Gasteiger partial charge in [-0.1, -0.05) is 70.2 Å². The molecule has 0 saturated heterocycles. The first kappa shape index (κ1) is 22.7. The van der Waals surface area contributed by atoms with E-state index in [1.165, 1.54) is 6.08 Å². The summed E-state index contributed by atoms with van der Waals surface area (Å²) in [6, 6.07) is 17.5.